The second-order valence-electron chi connectivity index (χ2n) is 3.25. The fraction of sp³-hybridized carbons (Fsp3) is 0.273. The maximum absolute atomic E-state index is 12.6. The molecule has 1 aromatic rings. The van der Waals surface area contributed by atoms with Gasteiger partial charge in [-0.05, 0) is 36.3 Å². The predicted molar refractivity (Wildman–Crippen MR) is 66.2 cm³/mol. The number of hydrogen-bond acceptors (Lipinski definition) is 3. The molecule has 92 valence electrons. The molecule has 0 heterocycles. The first-order valence-electron chi connectivity index (χ1n) is 4.99. The first-order valence-corrected chi connectivity index (χ1v) is 5.40. The molecular weight excluding hydrogens is 243 g/mol. The highest BCUT2D eigenvalue weighted by Crippen LogP contribution is 2.02. The van der Waals surface area contributed by atoms with Gasteiger partial charge in [-0.3, -0.25) is 5.32 Å². The SMILES string of the molecule is COC(=O)NC(=S)NCCc1ccc(F)cc1. The average molecular weight is 256 g/mol. The van der Waals surface area contributed by atoms with E-state index in [1.54, 1.807) is 12.1 Å². The van der Waals surface area contributed by atoms with Crippen molar-refractivity contribution < 1.29 is 13.9 Å². The number of ether oxygens (including phenoxy) is 1. The summed E-state index contributed by atoms with van der Waals surface area (Å²) >= 11 is 4.85. The lowest BCUT2D eigenvalue weighted by Crippen LogP contribution is -2.39. The normalized spacial score (nSPS) is 9.53. The lowest BCUT2D eigenvalue weighted by Gasteiger charge is -2.08. The van der Waals surface area contributed by atoms with Crippen molar-refractivity contribution >= 4 is 23.4 Å². The van der Waals surface area contributed by atoms with Gasteiger partial charge in [0.05, 0.1) is 7.11 Å². The molecule has 0 saturated heterocycles. The van der Waals surface area contributed by atoms with E-state index in [-0.39, 0.29) is 10.9 Å². The molecule has 0 unspecified atom stereocenters. The number of rotatable bonds is 3. The Bertz CT molecular complexity index is 395. The third-order valence-corrected chi connectivity index (χ3v) is 2.26. The molecule has 0 bridgehead atoms. The van der Waals surface area contributed by atoms with Crippen LogP contribution in [0, 0.1) is 5.82 Å². The lowest BCUT2D eigenvalue weighted by molar-refractivity contribution is 0.176. The molecule has 0 aliphatic rings. The van der Waals surface area contributed by atoms with Gasteiger partial charge in [-0.25, -0.2) is 9.18 Å². The standard InChI is InChI=1S/C11H13FN2O2S/c1-16-11(15)14-10(17)13-7-6-8-2-4-9(12)5-3-8/h2-5H,6-7H2,1H3,(H2,13,14,15,17). The zero-order valence-corrected chi connectivity index (χ0v) is 10.1. The summed E-state index contributed by atoms with van der Waals surface area (Å²) in [6.07, 6.45) is 0.0767. The topological polar surface area (TPSA) is 50.4 Å². The van der Waals surface area contributed by atoms with Crippen molar-refractivity contribution in [2.24, 2.45) is 0 Å². The Labute approximate surface area is 104 Å². The van der Waals surface area contributed by atoms with Crippen LogP contribution in [-0.2, 0) is 11.2 Å². The Kier molecular flexibility index (Phi) is 5.35. The van der Waals surface area contributed by atoms with Gasteiger partial charge in [0.1, 0.15) is 5.82 Å². The molecule has 0 aliphatic carbocycles. The van der Waals surface area contributed by atoms with Gasteiger partial charge in [-0.1, -0.05) is 12.1 Å². The number of nitrogens with one attached hydrogen (secondary N) is 2. The zero-order chi connectivity index (χ0) is 12.7. The van der Waals surface area contributed by atoms with E-state index in [9.17, 15) is 9.18 Å². The van der Waals surface area contributed by atoms with Gasteiger partial charge in [0.25, 0.3) is 0 Å². The monoisotopic (exact) mass is 256 g/mol. The molecule has 0 spiro atoms. The van der Waals surface area contributed by atoms with Crippen molar-refractivity contribution in [3.05, 3.63) is 35.6 Å². The summed E-state index contributed by atoms with van der Waals surface area (Å²) in [6, 6.07) is 6.21. The van der Waals surface area contributed by atoms with E-state index in [2.05, 4.69) is 15.4 Å². The van der Waals surface area contributed by atoms with E-state index >= 15 is 0 Å². The third-order valence-electron chi connectivity index (χ3n) is 2.01. The molecule has 0 aromatic heterocycles. The van der Waals surface area contributed by atoms with Gasteiger partial charge in [0.15, 0.2) is 5.11 Å². The highest BCUT2D eigenvalue weighted by Gasteiger charge is 2.02. The van der Waals surface area contributed by atoms with Crippen LogP contribution >= 0.6 is 12.2 Å². The van der Waals surface area contributed by atoms with E-state index in [0.29, 0.717) is 13.0 Å². The Hall–Kier alpha value is -1.69. The number of amides is 1. The van der Waals surface area contributed by atoms with Crippen molar-refractivity contribution in [2.45, 2.75) is 6.42 Å². The molecule has 0 atom stereocenters. The van der Waals surface area contributed by atoms with E-state index in [0.717, 1.165) is 5.56 Å². The molecule has 0 radical (unpaired) electrons. The molecule has 1 amide bonds. The highest BCUT2D eigenvalue weighted by molar-refractivity contribution is 7.80. The van der Waals surface area contributed by atoms with Crippen molar-refractivity contribution in [3.63, 3.8) is 0 Å². The average Bonchev–Trinajstić information content (AvgIpc) is 2.31. The first kappa shape index (κ1) is 13.4. The van der Waals surface area contributed by atoms with Crippen LogP contribution in [0.15, 0.2) is 24.3 Å². The van der Waals surface area contributed by atoms with Crippen molar-refractivity contribution in [1.82, 2.24) is 10.6 Å². The second-order valence-corrected chi connectivity index (χ2v) is 3.66. The minimum Gasteiger partial charge on any atom is -0.453 e. The highest BCUT2D eigenvalue weighted by atomic mass is 32.1. The Morgan fingerprint density at radius 2 is 2.06 bits per heavy atom. The number of methoxy groups -OCH3 is 1. The summed E-state index contributed by atoms with van der Waals surface area (Å²) in [4.78, 5) is 10.8. The van der Waals surface area contributed by atoms with Crippen molar-refractivity contribution in [2.75, 3.05) is 13.7 Å². The van der Waals surface area contributed by atoms with E-state index in [1.807, 2.05) is 0 Å². The van der Waals surface area contributed by atoms with E-state index in [1.165, 1.54) is 19.2 Å². The van der Waals surface area contributed by atoms with Crippen LogP contribution < -0.4 is 10.6 Å². The van der Waals surface area contributed by atoms with Gasteiger partial charge in [0, 0.05) is 6.54 Å². The van der Waals surface area contributed by atoms with Crippen LogP contribution in [0.1, 0.15) is 5.56 Å². The summed E-state index contributed by atoms with van der Waals surface area (Å²) in [7, 11) is 1.26. The van der Waals surface area contributed by atoms with Crippen LogP contribution in [0.2, 0.25) is 0 Å². The quantitative estimate of drug-likeness (QED) is 0.807. The molecule has 1 rings (SSSR count). The van der Waals surface area contributed by atoms with Gasteiger partial charge >= 0.3 is 6.09 Å². The number of alkyl carbamates (subject to hydrolysis) is 1. The van der Waals surface area contributed by atoms with E-state index < -0.39 is 6.09 Å². The van der Waals surface area contributed by atoms with Crippen molar-refractivity contribution in [3.8, 4) is 0 Å². The zero-order valence-electron chi connectivity index (χ0n) is 9.33. The van der Waals surface area contributed by atoms with Crippen LogP contribution in [0.3, 0.4) is 0 Å². The van der Waals surface area contributed by atoms with Gasteiger partial charge < -0.3 is 10.1 Å². The molecule has 2 N–H and O–H groups in total. The molecule has 0 saturated carbocycles. The Morgan fingerprint density at radius 3 is 2.65 bits per heavy atom. The molecule has 4 nitrogen and oxygen atoms in total. The molecule has 1 aromatic carbocycles. The number of carbonyl (C=O) groups excluding carboxylic acids is 1. The molecule has 6 heteroatoms. The minimum absolute atomic E-state index is 0.207. The van der Waals surface area contributed by atoms with Gasteiger partial charge in [-0.2, -0.15) is 0 Å². The Balaban J connectivity index is 2.26. The first-order chi connectivity index (χ1) is 8.11. The smallest absolute Gasteiger partial charge is 0.413 e. The third kappa shape index (κ3) is 5.26. The summed E-state index contributed by atoms with van der Waals surface area (Å²) in [5.74, 6) is -0.260. The summed E-state index contributed by atoms with van der Waals surface area (Å²) in [5, 5.41) is 5.37. The lowest BCUT2D eigenvalue weighted by atomic mass is 10.1. The largest absolute Gasteiger partial charge is 0.453 e. The second kappa shape index (κ2) is 6.80. The summed E-state index contributed by atoms with van der Waals surface area (Å²) in [6.45, 7) is 0.550. The fourth-order valence-electron chi connectivity index (χ4n) is 1.16. The van der Waals surface area contributed by atoms with Crippen molar-refractivity contribution in [1.29, 1.82) is 0 Å². The molecule has 0 aliphatic heterocycles. The van der Waals surface area contributed by atoms with Crippen LogP contribution in [-0.4, -0.2) is 24.9 Å². The Morgan fingerprint density at radius 1 is 1.41 bits per heavy atom. The van der Waals surface area contributed by atoms with Crippen LogP contribution in [0.25, 0.3) is 0 Å². The van der Waals surface area contributed by atoms with E-state index in [4.69, 9.17) is 12.2 Å². The minimum atomic E-state index is -0.607. The fourth-order valence-corrected chi connectivity index (χ4v) is 1.34. The number of halogens is 1. The van der Waals surface area contributed by atoms with Crippen LogP contribution in [0.4, 0.5) is 9.18 Å². The number of benzene rings is 1. The number of carbonyl (C=O) groups is 1. The van der Waals surface area contributed by atoms with Gasteiger partial charge in [-0.15, -0.1) is 0 Å². The maximum Gasteiger partial charge on any atom is 0.413 e. The predicted octanol–water partition coefficient (Wildman–Crippen LogP) is 1.60. The summed E-state index contributed by atoms with van der Waals surface area (Å²) in [5.41, 5.74) is 0.986. The van der Waals surface area contributed by atoms with Crippen LogP contribution in [0.5, 0.6) is 0 Å². The summed E-state index contributed by atoms with van der Waals surface area (Å²) < 4.78 is 17.0. The van der Waals surface area contributed by atoms with Gasteiger partial charge in [0.2, 0.25) is 0 Å². The molecular formula is C11H13FN2O2S. The molecule has 0 fully saturated rings. The maximum atomic E-state index is 12.6. The number of thiocarbonyl (C=S) groups is 1. The number of hydrogen-bond donors (Lipinski definition) is 2. The molecule has 17 heavy (non-hydrogen) atoms.